The molecule has 1 aromatic carbocycles. The molecule has 1 atom stereocenters. The molecule has 0 saturated carbocycles. The summed E-state index contributed by atoms with van der Waals surface area (Å²) in [6.45, 7) is 2.49. The van der Waals surface area contributed by atoms with Crippen LogP contribution in [0.1, 0.15) is 40.9 Å². The van der Waals surface area contributed by atoms with E-state index in [1.165, 1.54) is 0 Å². The van der Waals surface area contributed by atoms with E-state index in [0.29, 0.717) is 29.0 Å². The van der Waals surface area contributed by atoms with Crippen molar-refractivity contribution in [3.05, 3.63) is 57.9 Å². The van der Waals surface area contributed by atoms with Gasteiger partial charge in [-0.3, -0.25) is 14.7 Å². The number of rotatable bonds is 2. The molecular weight excluding hydrogens is 306 g/mol. The number of hydrogen-bond donors (Lipinski definition) is 2. The Labute approximate surface area is 137 Å². The minimum atomic E-state index is -0.230. The van der Waals surface area contributed by atoms with Crippen LogP contribution in [-0.2, 0) is 0 Å². The van der Waals surface area contributed by atoms with E-state index in [-0.39, 0.29) is 17.5 Å². The summed E-state index contributed by atoms with van der Waals surface area (Å²) in [7, 11) is 0. The van der Waals surface area contributed by atoms with Gasteiger partial charge in [-0.2, -0.15) is 5.10 Å². The van der Waals surface area contributed by atoms with E-state index < -0.39 is 0 Å². The second-order valence-electron chi connectivity index (χ2n) is 6.06. The predicted molar refractivity (Wildman–Crippen MR) is 88.7 cm³/mol. The van der Waals surface area contributed by atoms with Crippen molar-refractivity contribution in [1.29, 1.82) is 0 Å². The summed E-state index contributed by atoms with van der Waals surface area (Å²) in [5.74, 6) is 0.398. The van der Waals surface area contributed by atoms with Crippen molar-refractivity contribution in [3.63, 3.8) is 0 Å². The molecule has 1 unspecified atom stereocenters. The molecule has 0 aliphatic carbocycles. The maximum atomic E-state index is 12.7. The van der Waals surface area contributed by atoms with E-state index in [0.717, 1.165) is 18.5 Å². The molecule has 3 aromatic rings. The summed E-state index contributed by atoms with van der Waals surface area (Å²) in [5, 5.41) is 7.39. The van der Waals surface area contributed by atoms with Crippen LogP contribution in [0.3, 0.4) is 0 Å². The minimum absolute atomic E-state index is 0.141. The fraction of sp³-hybridized carbons (Fsp3) is 0.294. The smallest absolute Gasteiger partial charge is 0.274 e. The molecule has 7 nitrogen and oxygen atoms in total. The van der Waals surface area contributed by atoms with Crippen molar-refractivity contribution in [2.45, 2.75) is 25.8 Å². The Morgan fingerprint density at radius 3 is 2.96 bits per heavy atom. The van der Waals surface area contributed by atoms with Gasteiger partial charge in [-0.1, -0.05) is 12.1 Å². The molecule has 2 aromatic heterocycles. The van der Waals surface area contributed by atoms with Crippen LogP contribution < -0.4 is 5.56 Å². The van der Waals surface area contributed by atoms with Gasteiger partial charge in [-0.05, 0) is 38.0 Å². The van der Waals surface area contributed by atoms with E-state index in [9.17, 15) is 9.59 Å². The summed E-state index contributed by atoms with van der Waals surface area (Å²) >= 11 is 0. The van der Waals surface area contributed by atoms with Crippen molar-refractivity contribution < 1.29 is 4.79 Å². The quantitative estimate of drug-likeness (QED) is 0.753. The molecule has 1 saturated heterocycles. The van der Waals surface area contributed by atoms with Crippen molar-refractivity contribution in [2.75, 3.05) is 6.54 Å². The van der Waals surface area contributed by atoms with Crippen LogP contribution in [0.2, 0.25) is 0 Å². The van der Waals surface area contributed by atoms with Crippen LogP contribution in [0.5, 0.6) is 0 Å². The third-order valence-corrected chi connectivity index (χ3v) is 4.39. The van der Waals surface area contributed by atoms with E-state index in [1.54, 1.807) is 17.0 Å². The minimum Gasteiger partial charge on any atom is -0.327 e. The molecule has 4 rings (SSSR count). The Kier molecular flexibility index (Phi) is 3.41. The van der Waals surface area contributed by atoms with Gasteiger partial charge in [-0.15, -0.1) is 0 Å². The normalized spacial score (nSPS) is 17.5. The number of amides is 1. The number of carbonyl (C=O) groups is 1. The van der Waals surface area contributed by atoms with Crippen molar-refractivity contribution in [1.82, 2.24) is 25.1 Å². The van der Waals surface area contributed by atoms with Gasteiger partial charge >= 0.3 is 0 Å². The van der Waals surface area contributed by atoms with Crippen LogP contribution in [0.15, 0.2) is 35.1 Å². The second-order valence-corrected chi connectivity index (χ2v) is 6.06. The second kappa shape index (κ2) is 5.59. The molecule has 7 heteroatoms. The zero-order valence-corrected chi connectivity index (χ0v) is 13.2. The molecule has 1 amide bonds. The molecule has 24 heavy (non-hydrogen) atoms. The number of likely N-dealkylation sites (tertiary alicyclic amines) is 1. The van der Waals surface area contributed by atoms with Crippen LogP contribution >= 0.6 is 0 Å². The third kappa shape index (κ3) is 2.38. The first-order valence-corrected chi connectivity index (χ1v) is 7.95. The number of aromatic amines is 2. The van der Waals surface area contributed by atoms with Crippen molar-refractivity contribution >= 4 is 16.8 Å². The molecule has 1 aliphatic heterocycles. The Morgan fingerprint density at radius 2 is 2.17 bits per heavy atom. The summed E-state index contributed by atoms with van der Waals surface area (Å²) in [6, 6.07) is 8.72. The Morgan fingerprint density at radius 1 is 1.33 bits per heavy atom. The number of nitrogens with zero attached hydrogens (tertiary/aromatic N) is 3. The van der Waals surface area contributed by atoms with E-state index >= 15 is 0 Å². The summed E-state index contributed by atoms with van der Waals surface area (Å²) in [6.07, 6.45) is 1.65. The number of aryl methyl sites for hydroxylation is 1. The Balaban J connectivity index is 1.72. The highest BCUT2D eigenvalue weighted by Gasteiger charge is 2.33. The SMILES string of the molecule is Cc1cc(C(=O)N2CCCC2c2nc3ccccc3c(=O)[nH]2)n[nH]1. The van der Waals surface area contributed by atoms with Gasteiger partial charge in [-0.25, -0.2) is 4.98 Å². The van der Waals surface area contributed by atoms with Crippen molar-refractivity contribution in [3.8, 4) is 0 Å². The highest BCUT2D eigenvalue weighted by Crippen LogP contribution is 2.31. The zero-order valence-electron chi connectivity index (χ0n) is 13.2. The number of H-pyrrole nitrogens is 2. The van der Waals surface area contributed by atoms with Gasteiger partial charge in [0.05, 0.1) is 16.9 Å². The van der Waals surface area contributed by atoms with Crippen LogP contribution in [0.4, 0.5) is 0 Å². The lowest BCUT2D eigenvalue weighted by molar-refractivity contribution is 0.0724. The van der Waals surface area contributed by atoms with E-state index in [2.05, 4.69) is 20.2 Å². The molecule has 0 radical (unpaired) electrons. The van der Waals surface area contributed by atoms with E-state index in [4.69, 9.17) is 0 Å². The number of para-hydroxylation sites is 1. The maximum Gasteiger partial charge on any atom is 0.274 e. The Hall–Kier alpha value is -2.96. The van der Waals surface area contributed by atoms with E-state index in [1.807, 2.05) is 25.1 Å². The average molecular weight is 323 g/mol. The van der Waals surface area contributed by atoms with Crippen LogP contribution in [0, 0.1) is 6.92 Å². The van der Waals surface area contributed by atoms with Gasteiger partial charge in [0.2, 0.25) is 0 Å². The number of carbonyl (C=O) groups excluding carboxylic acids is 1. The molecular formula is C17H17N5O2. The fourth-order valence-corrected chi connectivity index (χ4v) is 3.23. The maximum absolute atomic E-state index is 12.7. The first kappa shape index (κ1) is 14.6. The highest BCUT2D eigenvalue weighted by molar-refractivity contribution is 5.92. The van der Waals surface area contributed by atoms with Crippen LogP contribution in [-0.4, -0.2) is 37.5 Å². The molecule has 1 aliphatic rings. The van der Waals surface area contributed by atoms with Gasteiger partial charge in [0.1, 0.15) is 11.5 Å². The molecule has 2 N–H and O–H groups in total. The first-order valence-electron chi connectivity index (χ1n) is 7.95. The monoisotopic (exact) mass is 323 g/mol. The highest BCUT2D eigenvalue weighted by atomic mass is 16.2. The van der Waals surface area contributed by atoms with Gasteiger partial charge in [0, 0.05) is 12.2 Å². The molecule has 3 heterocycles. The first-order chi connectivity index (χ1) is 11.6. The Bertz CT molecular complexity index is 974. The van der Waals surface area contributed by atoms with Crippen molar-refractivity contribution in [2.24, 2.45) is 0 Å². The lowest BCUT2D eigenvalue weighted by Crippen LogP contribution is -2.32. The average Bonchev–Trinajstić information content (AvgIpc) is 3.23. The molecule has 0 bridgehead atoms. The fourth-order valence-electron chi connectivity index (χ4n) is 3.23. The largest absolute Gasteiger partial charge is 0.327 e. The third-order valence-electron chi connectivity index (χ3n) is 4.39. The topological polar surface area (TPSA) is 94.7 Å². The number of fused-ring (bicyclic) bond motifs is 1. The zero-order chi connectivity index (χ0) is 16.7. The summed E-state index contributed by atoms with van der Waals surface area (Å²) in [5.41, 5.74) is 1.70. The molecule has 122 valence electrons. The molecule has 0 spiro atoms. The number of benzene rings is 1. The van der Waals surface area contributed by atoms with Crippen LogP contribution in [0.25, 0.3) is 10.9 Å². The number of hydrogen-bond acceptors (Lipinski definition) is 4. The predicted octanol–water partition coefficient (Wildman–Crippen LogP) is 1.93. The molecule has 1 fully saturated rings. The lowest BCUT2D eigenvalue weighted by Gasteiger charge is -2.23. The standard InChI is InChI=1S/C17H17N5O2/c1-10-9-13(21-20-10)17(24)22-8-4-7-14(22)15-18-12-6-3-2-5-11(12)16(23)19-15/h2-3,5-6,9,14H,4,7-8H2,1H3,(H,20,21)(H,18,19,23). The van der Waals surface area contributed by atoms with Gasteiger partial charge in [0.25, 0.3) is 11.5 Å². The summed E-state index contributed by atoms with van der Waals surface area (Å²) in [4.78, 5) is 34.2. The number of aromatic nitrogens is 4. The number of nitrogens with one attached hydrogen (secondary N) is 2. The lowest BCUT2D eigenvalue weighted by atomic mass is 10.1. The van der Waals surface area contributed by atoms with Gasteiger partial charge < -0.3 is 9.88 Å². The summed E-state index contributed by atoms with van der Waals surface area (Å²) < 4.78 is 0. The van der Waals surface area contributed by atoms with Gasteiger partial charge in [0.15, 0.2) is 0 Å².